The molecule has 1 amide bonds. The van der Waals surface area contributed by atoms with Crippen LogP contribution in [0.5, 0.6) is 17.4 Å². The van der Waals surface area contributed by atoms with E-state index in [0.717, 1.165) is 16.7 Å². The van der Waals surface area contributed by atoms with Gasteiger partial charge in [0.1, 0.15) is 27.7 Å². The van der Waals surface area contributed by atoms with E-state index in [2.05, 4.69) is 5.10 Å². The summed E-state index contributed by atoms with van der Waals surface area (Å²) >= 11 is 6.43. The van der Waals surface area contributed by atoms with Crippen LogP contribution in [-0.2, 0) is 16.0 Å². The monoisotopic (exact) mass is 575 g/mol. The summed E-state index contributed by atoms with van der Waals surface area (Å²) in [5, 5.41) is 24.1. The molecule has 5 rings (SSSR count). The van der Waals surface area contributed by atoms with Crippen molar-refractivity contribution in [2.45, 2.75) is 19.4 Å². The average molecular weight is 576 g/mol. The van der Waals surface area contributed by atoms with E-state index >= 15 is 0 Å². The summed E-state index contributed by atoms with van der Waals surface area (Å²) in [6.07, 6.45) is 1.58. The van der Waals surface area contributed by atoms with Crippen molar-refractivity contribution < 1.29 is 28.9 Å². The molecule has 2 N–H and O–H groups in total. The first-order valence-electron chi connectivity index (χ1n) is 12.1. The van der Waals surface area contributed by atoms with Gasteiger partial charge in [-0.2, -0.15) is 9.78 Å². The number of rotatable bonds is 8. The van der Waals surface area contributed by atoms with Crippen LogP contribution in [0.15, 0.2) is 83.8 Å². The van der Waals surface area contributed by atoms with Crippen molar-refractivity contribution in [1.82, 2.24) is 14.7 Å². The molecule has 0 bridgehead atoms. The maximum absolute atomic E-state index is 13.5. The number of aryl methyl sites for hydroxylation is 1. The Bertz CT molecular complexity index is 1620. The van der Waals surface area contributed by atoms with Gasteiger partial charge in [0.2, 0.25) is 5.88 Å². The maximum atomic E-state index is 13.5. The first kappa shape index (κ1) is 27.1. The van der Waals surface area contributed by atoms with Crippen molar-refractivity contribution >= 4 is 46.3 Å². The molecule has 1 fully saturated rings. The molecule has 11 heteroatoms. The lowest BCUT2D eigenvalue weighted by molar-refractivity contribution is -0.145. The van der Waals surface area contributed by atoms with Crippen LogP contribution < -0.4 is 4.74 Å². The predicted octanol–water partition coefficient (Wildman–Crippen LogP) is 5.71. The fraction of sp³-hybridized carbons (Fsp3) is 0.103. The van der Waals surface area contributed by atoms with Crippen molar-refractivity contribution in [2.75, 3.05) is 0 Å². The molecule has 1 aliphatic heterocycles. The van der Waals surface area contributed by atoms with E-state index in [-0.39, 0.29) is 21.4 Å². The zero-order valence-electron chi connectivity index (χ0n) is 21.0. The molecule has 0 unspecified atom stereocenters. The van der Waals surface area contributed by atoms with Crippen LogP contribution in [0.25, 0.3) is 11.8 Å². The van der Waals surface area contributed by atoms with Gasteiger partial charge in [-0.1, -0.05) is 54.3 Å². The quantitative estimate of drug-likeness (QED) is 0.203. The van der Waals surface area contributed by atoms with E-state index in [1.165, 1.54) is 36.4 Å². The van der Waals surface area contributed by atoms with Gasteiger partial charge in [0.15, 0.2) is 0 Å². The lowest BCUT2D eigenvalue weighted by Gasteiger charge is -2.23. The normalized spacial score (nSPS) is 15.1. The molecule has 3 aromatic carbocycles. The molecule has 2 heterocycles. The lowest BCUT2D eigenvalue weighted by atomic mass is 10.0. The Hall–Kier alpha value is -4.48. The number of thiocarbonyl (C=S) groups is 1. The molecule has 40 heavy (non-hydrogen) atoms. The van der Waals surface area contributed by atoms with Gasteiger partial charge in [-0.25, -0.2) is 9.18 Å². The number of phenols is 1. The Morgan fingerprint density at radius 1 is 1.10 bits per heavy atom. The van der Waals surface area contributed by atoms with E-state index in [1.54, 1.807) is 29.8 Å². The van der Waals surface area contributed by atoms with Crippen LogP contribution in [0.1, 0.15) is 16.8 Å². The summed E-state index contributed by atoms with van der Waals surface area (Å²) in [6.45, 7) is 1.76. The second kappa shape index (κ2) is 11.3. The molecular weight excluding hydrogens is 553 g/mol. The van der Waals surface area contributed by atoms with Gasteiger partial charge in [-0.3, -0.25) is 9.69 Å². The number of hydrogen-bond donors (Lipinski definition) is 2. The maximum Gasteiger partial charge on any atom is 0.327 e. The first-order valence-corrected chi connectivity index (χ1v) is 13.3. The second-order valence-corrected chi connectivity index (χ2v) is 10.6. The highest BCUT2D eigenvalue weighted by Crippen LogP contribution is 2.38. The van der Waals surface area contributed by atoms with Crippen LogP contribution in [-0.4, -0.2) is 47.1 Å². The first-order chi connectivity index (χ1) is 19.2. The molecule has 0 spiro atoms. The lowest BCUT2D eigenvalue weighted by Crippen LogP contribution is -2.45. The number of benzene rings is 3. The number of amides is 1. The molecule has 1 aliphatic rings. The van der Waals surface area contributed by atoms with Gasteiger partial charge in [0, 0.05) is 6.42 Å². The Kier molecular flexibility index (Phi) is 7.67. The Morgan fingerprint density at radius 3 is 2.42 bits per heavy atom. The number of carboxylic acids is 1. The van der Waals surface area contributed by atoms with E-state index in [4.69, 9.17) is 17.0 Å². The predicted molar refractivity (Wildman–Crippen MR) is 153 cm³/mol. The molecular formula is C29H22FN3O5S2. The fourth-order valence-corrected chi connectivity index (χ4v) is 5.50. The molecule has 1 saturated heterocycles. The molecule has 1 aromatic heterocycles. The third-order valence-corrected chi connectivity index (χ3v) is 7.48. The number of aliphatic carboxylic acids is 1. The molecule has 0 aliphatic carbocycles. The van der Waals surface area contributed by atoms with Crippen molar-refractivity contribution in [3.05, 3.63) is 106 Å². The van der Waals surface area contributed by atoms with Gasteiger partial charge < -0.3 is 14.9 Å². The molecule has 202 valence electrons. The Balaban J connectivity index is 1.52. The third kappa shape index (κ3) is 5.61. The van der Waals surface area contributed by atoms with Crippen molar-refractivity contribution in [3.8, 4) is 23.1 Å². The molecule has 8 nitrogen and oxygen atoms in total. The van der Waals surface area contributed by atoms with Gasteiger partial charge in [-0.15, -0.1) is 0 Å². The van der Waals surface area contributed by atoms with E-state index in [1.807, 2.05) is 30.3 Å². The number of phenolic OH excluding ortho intramolecular Hbond substituents is 1. The number of para-hydroxylation sites is 1. The van der Waals surface area contributed by atoms with Gasteiger partial charge in [-0.05, 0) is 67.1 Å². The number of aromatic hydroxyl groups is 1. The van der Waals surface area contributed by atoms with Crippen LogP contribution in [0.2, 0.25) is 0 Å². The van der Waals surface area contributed by atoms with Gasteiger partial charge >= 0.3 is 5.97 Å². The van der Waals surface area contributed by atoms with Crippen LogP contribution in [0.4, 0.5) is 4.39 Å². The number of ether oxygens (including phenoxy) is 1. The summed E-state index contributed by atoms with van der Waals surface area (Å²) in [5.41, 5.74) is 2.36. The Labute approximate surface area is 238 Å². The van der Waals surface area contributed by atoms with Crippen molar-refractivity contribution in [3.63, 3.8) is 0 Å². The molecule has 0 saturated carbocycles. The summed E-state index contributed by atoms with van der Waals surface area (Å²) in [6, 6.07) is 19.6. The second-order valence-electron chi connectivity index (χ2n) is 8.88. The number of nitrogens with zero attached hydrogens (tertiary/aromatic N) is 3. The SMILES string of the molecule is Cc1nn(-c2ccccc2)c(Oc2ccc(F)cc2)c1/C=C1\SC(=S)N([C@@H](Cc2ccc(O)cc2)C(=O)O)C1=O. The van der Waals surface area contributed by atoms with E-state index < -0.39 is 23.7 Å². The smallest absolute Gasteiger partial charge is 0.327 e. The van der Waals surface area contributed by atoms with Crippen LogP contribution in [0.3, 0.4) is 0 Å². The minimum Gasteiger partial charge on any atom is -0.508 e. The summed E-state index contributed by atoms with van der Waals surface area (Å²) in [4.78, 5) is 27.1. The number of carboxylic acid groups (broad SMARTS) is 1. The largest absolute Gasteiger partial charge is 0.508 e. The van der Waals surface area contributed by atoms with Crippen molar-refractivity contribution in [1.29, 1.82) is 0 Å². The zero-order valence-corrected chi connectivity index (χ0v) is 22.7. The van der Waals surface area contributed by atoms with Crippen LogP contribution in [0, 0.1) is 12.7 Å². The topological polar surface area (TPSA) is 105 Å². The summed E-state index contributed by atoms with van der Waals surface area (Å²) in [5.74, 6) is -1.47. The van der Waals surface area contributed by atoms with Crippen molar-refractivity contribution in [2.24, 2.45) is 0 Å². The standard InChI is InChI=1S/C29H22FN3O5S2/c1-17-23(27(38-22-13-9-19(30)10-14-22)33(31-17)20-5-3-2-4-6-20)16-25-26(35)32(29(39)40-25)24(28(36)37)15-18-7-11-21(34)12-8-18/h2-14,16,24,34H,15H2,1H3,(H,36,37)/b25-16-/t24-/m0/s1. The highest BCUT2D eigenvalue weighted by Gasteiger charge is 2.41. The van der Waals surface area contributed by atoms with E-state index in [9.17, 15) is 24.2 Å². The Morgan fingerprint density at radius 2 is 1.77 bits per heavy atom. The average Bonchev–Trinajstić information content (AvgIpc) is 3.39. The fourth-order valence-electron chi connectivity index (χ4n) is 4.16. The summed E-state index contributed by atoms with van der Waals surface area (Å²) in [7, 11) is 0. The van der Waals surface area contributed by atoms with E-state index in [0.29, 0.717) is 34.1 Å². The minimum atomic E-state index is -1.24. The van der Waals surface area contributed by atoms with Crippen LogP contribution >= 0.6 is 24.0 Å². The zero-order chi connectivity index (χ0) is 28.4. The third-order valence-electron chi connectivity index (χ3n) is 6.15. The van der Waals surface area contributed by atoms with Gasteiger partial charge in [0.05, 0.1) is 21.8 Å². The number of halogens is 1. The molecule has 0 radical (unpaired) electrons. The molecule has 1 atom stereocenters. The summed E-state index contributed by atoms with van der Waals surface area (Å²) < 4.78 is 21.4. The minimum absolute atomic E-state index is 0.000765. The highest BCUT2D eigenvalue weighted by molar-refractivity contribution is 8.26. The highest BCUT2D eigenvalue weighted by atomic mass is 32.2. The molecule has 4 aromatic rings. The number of hydrogen-bond acceptors (Lipinski definition) is 7. The number of aromatic nitrogens is 2. The number of thioether (sulfide) groups is 1. The number of carbonyl (C=O) groups is 2. The number of carbonyl (C=O) groups excluding carboxylic acids is 1. The van der Waals surface area contributed by atoms with Gasteiger partial charge in [0.25, 0.3) is 5.91 Å².